The summed E-state index contributed by atoms with van der Waals surface area (Å²) in [7, 11) is -3.16. The van der Waals surface area contributed by atoms with Gasteiger partial charge in [-0.25, -0.2) is 8.42 Å². The molecule has 6 heteroatoms. The standard InChI is InChI=1S/C12H17Cl2NO2S/c1-3-12(8-13,9-14)15-10-4-6-11(7-5-10)18(2,16)17/h4-7,15H,3,8-9H2,1-2H3. The van der Waals surface area contributed by atoms with Crippen molar-refractivity contribution in [1.82, 2.24) is 0 Å². The maximum Gasteiger partial charge on any atom is 0.175 e. The number of hydrogen-bond acceptors (Lipinski definition) is 3. The van der Waals surface area contributed by atoms with E-state index in [0.29, 0.717) is 16.7 Å². The van der Waals surface area contributed by atoms with Gasteiger partial charge in [0.2, 0.25) is 0 Å². The maximum atomic E-state index is 11.3. The van der Waals surface area contributed by atoms with Crippen LogP contribution in [0.4, 0.5) is 5.69 Å². The molecule has 3 nitrogen and oxygen atoms in total. The second-order valence-corrected chi connectivity index (χ2v) is 6.87. The number of rotatable bonds is 6. The normalized spacial score (nSPS) is 12.4. The first kappa shape index (κ1) is 15.6. The van der Waals surface area contributed by atoms with Crippen LogP contribution in [0.15, 0.2) is 29.2 Å². The molecule has 0 saturated carbocycles. The molecular weight excluding hydrogens is 293 g/mol. The van der Waals surface area contributed by atoms with Crippen molar-refractivity contribution in [2.75, 3.05) is 23.3 Å². The molecule has 1 N–H and O–H groups in total. The topological polar surface area (TPSA) is 46.2 Å². The molecular formula is C12H17Cl2NO2S. The molecule has 0 bridgehead atoms. The molecule has 0 aliphatic heterocycles. The van der Waals surface area contributed by atoms with E-state index in [-0.39, 0.29) is 5.54 Å². The first-order valence-electron chi connectivity index (χ1n) is 5.57. The molecule has 0 fully saturated rings. The van der Waals surface area contributed by atoms with Crippen LogP contribution in [-0.2, 0) is 9.84 Å². The second kappa shape index (κ2) is 6.13. The fourth-order valence-electron chi connectivity index (χ4n) is 1.47. The van der Waals surface area contributed by atoms with E-state index < -0.39 is 9.84 Å². The summed E-state index contributed by atoms with van der Waals surface area (Å²) >= 11 is 11.9. The summed E-state index contributed by atoms with van der Waals surface area (Å²) in [5.74, 6) is 0.779. The minimum absolute atomic E-state index is 0.298. The van der Waals surface area contributed by atoms with Crippen LogP contribution in [-0.4, -0.2) is 32.0 Å². The van der Waals surface area contributed by atoms with Gasteiger partial charge in [-0.15, -0.1) is 23.2 Å². The number of nitrogens with one attached hydrogen (secondary N) is 1. The highest BCUT2D eigenvalue weighted by molar-refractivity contribution is 7.90. The third kappa shape index (κ3) is 3.77. The smallest absolute Gasteiger partial charge is 0.175 e. The summed E-state index contributed by atoms with van der Waals surface area (Å²) < 4.78 is 22.7. The third-order valence-electron chi connectivity index (χ3n) is 2.88. The van der Waals surface area contributed by atoms with Crippen LogP contribution in [0.5, 0.6) is 0 Å². The number of halogens is 2. The Labute approximate surface area is 118 Å². The fraction of sp³-hybridized carbons (Fsp3) is 0.500. The average molecular weight is 310 g/mol. The van der Waals surface area contributed by atoms with Crippen molar-refractivity contribution in [2.45, 2.75) is 23.8 Å². The van der Waals surface area contributed by atoms with Crippen LogP contribution in [0.1, 0.15) is 13.3 Å². The van der Waals surface area contributed by atoms with Crippen LogP contribution in [0.2, 0.25) is 0 Å². The summed E-state index contributed by atoms with van der Waals surface area (Å²) in [5, 5.41) is 3.26. The number of anilines is 1. The van der Waals surface area contributed by atoms with Gasteiger partial charge in [0.1, 0.15) is 0 Å². The number of hydrogen-bond donors (Lipinski definition) is 1. The van der Waals surface area contributed by atoms with E-state index in [4.69, 9.17) is 23.2 Å². The molecule has 0 heterocycles. The fourth-order valence-corrected chi connectivity index (χ4v) is 2.90. The molecule has 0 radical (unpaired) electrons. The molecule has 0 amide bonds. The molecule has 0 aromatic heterocycles. The quantitative estimate of drug-likeness (QED) is 0.821. The molecule has 1 aromatic rings. The molecule has 0 saturated heterocycles. The number of sulfone groups is 1. The Morgan fingerprint density at radius 1 is 1.17 bits per heavy atom. The average Bonchev–Trinajstić information content (AvgIpc) is 2.36. The lowest BCUT2D eigenvalue weighted by atomic mass is 10.0. The zero-order chi connectivity index (χ0) is 13.8. The Balaban J connectivity index is 2.93. The zero-order valence-corrected chi connectivity index (χ0v) is 12.7. The lowest BCUT2D eigenvalue weighted by molar-refractivity contribution is 0.560. The van der Waals surface area contributed by atoms with Crippen molar-refractivity contribution in [2.24, 2.45) is 0 Å². The summed E-state index contributed by atoms with van der Waals surface area (Å²) in [6, 6.07) is 6.58. The van der Waals surface area contributed by atoms with Gasteiger partial charge in [0.25, 0.3) is 0 Å². The van der Waals surface area contributed by atoms with Crippen LogP contribution in [0.3, 0.4) is 0 Å². The highest BCUT2D eigenvalue weighted by Crippen LogP contribution is 2.23. The van der Waals surface area contributed by atoms with Gasteiger partial charge >= 0.3 is 0 Å². The van der Waals surface area contributed by atoms with Crippen molar-refractivity contribution in [3.63, 3.8) is 0 Å². The third-order valence-corrected chi connectivity index (χ3v) is 5.03. The van der Waals surface area contributed by atoms with E-state index in [9.17, 15) is 8.42 Å². The number of alkyl halides is 2. The van der Waals surface area contributed by atoms with Crippen molar-refractivity contribution in [3.05, 3.63) is 24.3 Å². The van der Waals surface area contributed by atoms with E-state index in [1.807, 2.05) is 6.92 Å². The Bertz CT molecular complexity index is 473. The first-order valence-corrected chi connectivity index (χ1v) is 8.53. The number of benzene rings is 1. The highest BCUT2D eigenvalue weighted by atomic mass is 35.5. The lowest BCUT2D eigenvalue weighted by Gasteiger charge is -2.30. The molecule has 1 aromatic carbocycles. The molecule has 1 rings (SSSR count). The Kier molecular flexibility index (Phi) is 5.32. The van der Waals surface area contributed by atoms with Crippen molar-refractivity contribution in [3.8, 4) is 0 Å². The molecule has 0 unspecified atom stereocenters. The summed E-state index contributed by atoms with van der Waals surface area (Å²) in [4.78, 5) is 0.298. The van der Waals surface area contributed by atoms with Gasteiger partial charge in [0, 0.05) is 23.7 Å². The molecule has 0 spiro atoms. The molecule has 102 valence electrons. The van der Waals surface area contributed by atoms with E-state index in [1.54, 1.807) is 24.3 Å². The van der Waals surface area contributed by atoms with E-state index in [2.05, 4.69) is 5.32 Å². The lowest BCUT2D eigenvalue weighted by Crippen LogP contribution is -2.41. The van der Waals surface area contributed by atoms with Crippen LogP contribution >= 0.6 is 23.2 Å². The summed E-state index contributed by atoms with van der Waals surface area (Å²) in [6.45, 7) is 2.00. The predicted molar refractivity (Wildman–Crippen MR) is 77.6 cm³/mol. The van der Waals surface area contributed by atoms with Crippen LogP contribution in [0.25, 0.3) is 0 Å². The van der Waals surface area contributed by atoms with Crippen molar-refractivity contribution < 1.29 is 8.42 Å². The van der Waals surface area contributed by atoms with Gasteiger partial charge < -0.3 is 5.32 Å². The van der Waals surface area contributed by atoms with E-state index in [0.717, 1.165) is 12.1 Å². The minimum Gasteiger partial charge on any atom is -0.377 e. The first-order chi connectivity index (χ1) is 8.37. The largest absolute Gasteiger partial charge is 0.377 e. The van der Waals surface area contributed by atoms with Gasteiger partial charge in [0.05, 0.1) is 10.4 Å². The summed E-state index contributed by atoms with van der Waals surface area (Å²) in [5.41, 5.74) is 0.445. The molecule has 18 heavy (non-hydrogen) atoms. The molecule has 0 aliphatic carbocycles. The maximum absolute atomic E-state index is 11.3. The van der Waals surface area contributed by atoms with Gasteiger partial charge in [-0.05, 0) is 30.7 Å². The van der Waals surface area contributed by atoms with Crippen molar-refractivity contribution >= 4 is 38.7 Å². The second-order valence-electron chi connectivity index (χ2n) is 4.32. The van der Waals surface area contributed by atoms with Crippen molar-refractivity contribution in [1.29, 1.82) is 0 Å². The predicted octanol–water partition coefficient (Wildman–Crippen LogP) is 3.13. The van der Waals surface area contributed by atoms with E-state index in [1.165, 1.54) is 6.26 Å². The minimum atomic E-state index is -3.16. The van der Waals surface area contributed by atoms with Gasteiger partial charge in [0.15, 0.2) is 9.84 Å². The SMILES string of the molecule is CCC(CCl)(CCl)Nc1ccc(S(C)(=O)=O)cc1. The Hall–Kier alpha value is -0.450. The molecule has 0 aliphatic rings. The van der Waals surface area contributed by atoms with E-state index >= 15 is 0 Å². The summed E-state index contributed by atoms with van der Waals surface area (Å²) in [6.07, 6.45) is 1.97. The van der Waals surface area contributed by atoms with Gasteiger partial charge in [-0.1, -0.05) is 6.92 Å². The Morgan fingerprint density at radius 3 is 2.00 bits per heavy atom. The zero-order valence-electron chi connectivity index (χ0n) is 10.4. The monoisotopic (exact) mass is 309 g/mol. The van der Waals surface area contributed by atoms with Crippen LogP contribution in [0, 0.1) is 0 Å². The van der Waals surface area contributed by atoms with Crippen LogP contribution < -0.4 is 5.32 Å². The molecule has 0 atom stereocenters. The highest BCUT2D eigenvalue weighted by Gasteiger charge is 2.25. The van der Waals surface area contributed by atoms with Gasteiger partial charge in [-0.2, -0.15) is 0 Å². The van der Waals surface area contributed by atoms with Gasteiger partial charge in [-0.3, -0.25) is 0 Å². The Morgan fingerprint density at radius 2 is 1.67 bits per heavy atom.